The van der Waals surface area contributed by atoms with Crippen molar-refractivity contribution >= 4 is 17.0 Å². The van der Waals surface area contributed by atoms with Gasteiger partial charge in [0.15, 0.2) is 0 Å². The predicted molar refractivity (Wildman–Crippen MR) is 52.9 cm³/mol. The number of nitrogens with one attached hydrogen (secondary N) is 1. The Bertz CT molecular complexity index is 453. The van der Waals surface area contributed by atoms with Crippen molar-refractivity contribution in [3.63, 3.8) is 0 Å². The molecule has 0 saturated carbocycles. The molecule has 0 fully saturated rings. The second-order valence-electron chi connectivity index (χ2n) is 2.77. The van der Waals surface area contributed by atoms with Crippen LogP contribution in [0.3, 0.4) is 0 Å². The zero-order valence-corrected chi connectivity index (χ0v) is 6.99. The van der Waals surface area contributed by atoms with Gasteiger partial charge in [0.2, 0.25) is 0 Å². The first-order valence-corrected chi connectivity index (χ1v) is 4.04. The summed E-state index contributed by atoms with van der Waals surface area (Å²) in [6.45, 7) is 0. The molecule has 2 aromatic rings. The van der Waals surface area contributed by atoms with E-state index in [0.717, 1.165) is 11.2 Å². The van der Waals surface area contributed by atoms with E-state index in [2.05, 4.69) is 4.98 Å². The van der Waals surface area contributed by atoms with Crippen LogP contribution in [0.5, 0.6) is 0 Å². The SMILES string of the molecule is N#C/C=C/c1cc2ccccc2[nH]1. The van der Waals surface area contributed by atoms with Gasteiger partial charge < -0.3 is 4.98 Å². The number of benzene rings is 1. The zero-order valence-electron chi connectivity index (χ0n) is 6.99. The quantitative estimate of drug-likeness (QED) is 0.653. The van der Waals surface area contributed by atoms with Gasteiger partial charge in [0.1, 0.15) is 0 Å². The minimum Gasteiger partial charge on any atom is -0.355 e. The highest BCUT2D eigenvalue weighted by molar-refractivity contribution is 5.82. The summed E-state index contributed by atoms with van der Waals surface area (Å²) in [4.78, 5) is 3.19. The molecule has 0 aliphatic rings. The maximum Gasteiger partial charge on any atom is 0.0912 e. The van der Waals surface area contributed by atoms with E-state index in [1.54, 1.807) is 6.08 Å². The van der Waals surface area contributed by atoms with E-state index in [0.29, 0.717) is 0 Å². The van der Waals surface area contributed by atoms with E-state index in [-0.39, 0.29) is 0 Å². The molecule has 0 atom stereocenters. The lowest BCUT2D eigenvalue weighted by molar-refractivity contribution is 1.43. The molecule has 0 unspecified atom stereocenters. The van der Waals surface area contributed by atoms with Crippen LogP contribution < -0.4 is 0 Å². The highest BCUT2D eigenvalue weighted by Crippen LogP contribution is 2.15. The summed E-state index contributed by atoms with van der Waals surface area (Å²) in [5.74, 6) is 0. The van der Waals surface area contributed by atoms with Crippen LogP contribution in [0.15, 0.2) is 36.4 Å². The number of H-pyrrole nitrogens is 1. The van der Waals surface area contributed by atoms with E-state index in [1.807, 2.05) is 36.4 Å². The average Bonchev–Trinajstić information content (AvgIpc) is 2.57. The van der Waals surface area contributed by atoms with Crippen LogP contribution in [-0.4, -0.2) is 4.98 Å². The Morgan fingerprint density at radius 2 is 2.15 bits per heavy atom. The first kappa shape index (κ1) is 7.63. The maximum absolute atomic E-state index is 8.35. The number of nitriles is 1. The summed E-state index contributed by atoms with van der Waals surface area (Å²) in [7, 11) is 0. The molecule has 0 bridgehead atoms. The fraction of sp³-hybridized carbons (Fsp3) is 0. The van der Waals surface area contributed by atoms with E-state index in [9.17, 15) is 0 Å². The van der Waals surface area contributed by atoms with E-state index >= 15 is 0 Å². The Hall–Kier alpha value is -2.01. The zero-order chi connectivity index (χ0) is 9.10. The van der Waals surface area contributed by atoms with Crippen LogP contribution in [0.25, 0.3) is 17.0 Å². The van der Waals surface area contributed by atoms with Crippen molar-refractivity contribution in [3.8, 4) is 6.07 Å². The molecule has 0 spiro atoms. The topological polar surface area (TPSA) is 39.6 Å². The normalized spacial score (nSPS) is 10.7. The standard InChI is InChI=1S/C11H8N2/c12-7-3-5-10-8-9-4-1-2-6-11(9)13-10/h1-6,8,13H/b5-3+. The number of fused-ring (bicyclic) bond motifs is 1. The smallest absolute Gasteiger partial charge is 0.0912 e. The third-order valence-electron chi connectivity index (χ3n) is 1.89. The number of aromatic nitrogens is 1. The highest BCUT2D eigenvalue weighted by atomic mass is 14.7. The fourth-order valence-corrected chi connectivity index (χ4v) is 1.31. The van der Waals surface area contributed by atoms with Gasteiger partial charge in [-0.15, -0.1) is 0 Å². The van der Waals surface area contributed by atoms with Crippen molar-refractivity contribution in [3.05, 3.63) is 42.1 Å². The summed E-state index contributed by atoms with van der Waals surface area (Å²) in [6.07, 6.45) is 3.23. The Morgan fingerprint density at radius 1 is 1.31 bits per heavy atom. The molecule has 2 rings (SSSR count). The van der Waals surface area contributed by atoms with Gasteiger partial charge in [0, 0.05) is 17.3 Å². The van der Waals surface area contributed by atoms with Crippen LogP contribution in [0.2, 0.25) is 0 Å². The number of allylic oxidation sites excluding steroid dienone is 1. The highest BCUT2D eigenvalue weighted by Gasteiger charge is 1.94. The minimum atomic E-state index is 0.961. The fourth-order valence-electron chi connectivity index (χ4n) is 1.31. The van der Waals surface area contributed by atoms with Crippen molar-refractivity contribution in [1.82, 2.24) is 4.98 Å². The molecular weight excluding hydrogens is 160 g/mol. The number of nitrogens with zero attached hydrogens (tertiary/aromatic N) is 1. The molecule has 1 aromatic carbocycles. The second-order valence-corrected chi connectivity index (χ2v) is 2.77. The van der Waals surface area contributed by atoms with Crippen LogP contribution in [0.1, 0.15) is 5.69 Å². The number of aromatic amines is 1. The Kier molecular flexibility index (Phi) is 1.85. The largest absolute Gasteiger partial charge is 0.355 e. The summed E-state index contributed by atoms with van der Waals surface area (Å²) in [5.41, 5.74) is 2.06. The third-order valence-corrected chi connectivity index (χ3v) is 1.89. The van der Waals surface area contributed by atoms with Gasteiger partial charge >= 0.3 is 0 Å². The Morgan fingerprint density at radius 3 is 2.92 bits per heavy atom. The molecule has 2 nitrogen and oxygen atoms in total. The van der Waals surface area contributed by atoms with Gasteiger partial charge in [0.05, 0.1) is 6.07 Å². The molecule has 0 amide bonds. The van der Waals surface area contributed by atoms with E-state index in [1.165, 1.54) is 11.5 Å². The van der Waals surface area contributed by atoms with Gasteiger partial charge in [-0.1, -0.05) is 18.2 Å². The molecule has 13 heavy (non-hydrogen) atoms. The first-order chi connectivity index (χ1) is 6.40. The van der Waals surface area contributed by atoms with Crippen LogP contribution in [0, 0.1) is 11.3 Å². The maximum atomic E-state index is 8.35. The van der Waals surface area contributed by atoms with Crippen molar-refractivity contribution in [2.45, 2.75) is 0 Å². The molecular formula is C11H8N2. The monoisotopic (exact) mass is 168 g/mol. The molecule has 62 valence electrons. The predicted octanol–water partition coefficient (Wildman–Crippen LogP) is 2.70. The molecule has 1 N–H and O–H groups in total. The second kappa shape index (κ2) is 3.16. The molecule has 0 radical (unpaired) electrons. The lowest BCUT2D eigenvalue weighted by Crippen LogP contribution is -1.67. The van der Waals surface area contributed by atoms with E-state index in [4.69, 9.17) is 5.26 Å². The van der Waals surface area contributed by atoms with Gasteiger partial charge in [-0.3, -0.25) is 0 Å². The van der Waals surface area contributed by atoms with Gasteiger partial charge in [-0.05, 0) is 23.6 Å². The average molecular weight is 168 g/mol. The van der Waals surface area contributed by atoms with Crippen molar-refractivity contribution in [2.75, 3.05) is 0 Å². The minimum absolute atomic E-state index is 0.961. The molecule has 1 aromatic heterocycles. The lowest BCUT2D eigenvalue weighted by Gasteiger charge is -1.83. The number of hydrogen-bond acceptors (Lipinski definition) is 1. The summed E-state index contributed by atoms with van der Waals surface area (Å²) in [5, 5.41) is 9.52. The van der Waals surface area contributed by atoms with Gasteiger partial charge in [-0.2, -0.15) is 5.26 Å². The van der Waals surface area contributed by atoms with Crippen LogP contribution >= 0.6 is 0 Å². The Labute approximate surface area is 76.1 Å². The van der Waals surface area contributed by atoms with Crippen molar-refractivity contribution in [2.24, 2.45) is 0 Å². The number of rotatable bonds is 1. The summed E-state index contributed by atoms with van der Waals surface area (Å²) >= 11 is 0. The molecule has 0 aliphatic heterocycles. The van der Waals surface area contributed by atoms with Crippen LogP contribution in [-0.2, 0) is 0 Å². The number of hydrogen-bond donors (Lipinski definition) is 1. The summed E-state index contributed by atoms with van der Waals surface area (Å²) in [6, 6.07) is 12.0. The molecule has 0 aliphatic carbocycles. The summed E-state index contributed by atoms with van der Waals surface area (Å²) < 4.78 is 0. The van der Waals surface area contributed by atoms with Crippen molar-refractivity contribution in [1.29, 1.82) is 5.26 Å². The van der Waals surface area contributed by atoms with Crippen molar-refractivity contribution < 1.29 is 0 Å². The van der Waals surface area contributed by atoms with Gasteiger partial charge in [0.25, 0.3) is 0 Å². The number of para-hydroxylation sites is 1. The van der Waals surface area contributed by atoms with Crippen LogP contribution in [0.4, 0.5) is 0 Å². The lowest BCUT2D eigenvalue weighted by atomic mass is 10.2. The molecule has 1 heterocycles. The first-order valence-electron chi connectivity index (χ1n) is 4.04. The molecule has 0 saturated heterocycles. The van der Waals surface area contributed by atoms with E-state index < -0.39 is 0 Å². The third kappa shape index (κ3) is 1.45. The molecule has 2 heteroatoms. The van der Waals surface area contributed by atoms with Gasteiger partial charge in [-0.25, -0.2) is 0 Å². The Balaban J connectivity index is 2.51.